The summed E-state index contributed by atoms with van der Waals surface area (Å²) in [7, 11) is 0. The summed E-state index contributed by atoms with van der Waals surface area (Å²) in [4.78, 5) is 0. The highest BCUT2D eigenvalue weighted by Gasteiger charge is 2.19. The summed E-state index contributed by atoms with van der Waals surface area (Å²) in [6.45, 7) is 7.56. The second kappa shape index (κ2) is 7.25. The highest BCUT2D eigenvalue weighted by atomic mass is 16.5. The van der Waals surface area contributed by atoms with Crippen LogP contribution in [-0.4, -0.2) is 36.5 Å². The van der Waals surface area contributed by atoms with Crippen LogP contribution in [-0.2, 0) is 4.74 Å². The maximum atomic E-state index is 9.69. The summed E-state index contributed by atoms with van der Waals surface area (Å²) in [6.07, 6.45) is 4.86. The van der Waals surface area contributed by atoms with Crippen LogP contribution >= 0.6 is 0 Å². The molecule has 1 unspecified atom stereocenters. The Balaban J connectivity index is 2.05. The Morgan fingerprint density at radius 3 is 2.44 bits per heavy atom. The first-order chi connectivity index (χ1) is 7.58. The number of hydrogen-bond acceptors (Lipinski definition) is 3. The molecule has 96 valence electrons. The molecule has 0 aliphatic heterocycles. The second-order valence-corrected chi connectivity index (χ2v) is 5.43. The van der Waals surface area contributed by atoms with Gasteiger partial charge in [-0.05, 0) is 31.6 Å². The normalized spacial score (nSPS) is 28.3. The number of hydrogen-bond donors (Lipinski definition) is 2. The van der Waals surface area contributed by atoms with Crippen molar-refractivity contribution < 1.29 is 9.84 Å². The van der Waals surface area contributed by atoms with Gasteiger partial charge in [-0.15, -0.1) is 0 Å². The minimum absolute atomic E-state index is 0.373. The second-order valence-electron chi connectivity index (χ2n) is 5.43. The fourth-order valence-corrected chi connectivity index (χ4v) is 2.07. The van der Waals surface area contributed by atoms with E-state index in [-0.39, 0.29) is 6.10 Å². The minimum Gasteiger partial charge on any atom is -0.389 e. The van der Waals surface area contributed by atoms with Crippen molar-refractivity contribution in [3.8, 4) is 0 Å². The van der Waals surface area contributed by atoms with Crippen molar-refractivity contribution >= 4 is 0 Å². The van der Waals surface area contributed by atoms with E-state index in [0.717, 1.165) is 18.8 Å². The number of aliphatic hydroxyl groups excluding tert-OH is 1. The standard InChI is InChI=1S/C13H27NO2/c1-10(2)14-8-12(15)9-16-13-6-4-11(3)5-7-13/h10-15H,4-9H2,1-3H3. The zero-order valence-electron chi connectivity index (χ0n) is 10.9. The summed E-state index contributed by atoms with van der Waals surface area (Å²) in [6, 6.07) is 0.421. The molecule has 1 rings (SSSR count). The average molecular weight is 229 g/mol. The van der Waals surface area contributed by atoms with E-state index in [2.05, 4.69) is 26.1 Å². The Morgan fingerprint density at radius 2 is 1.88 bits per heavy atom. The Hall–Kier alpha value is -0.120. The fraction of sp³-hybridized carbons (Fsp3) is 1.00. The summed E-state index contributed by atoms with van der Waals surface area (Å²) in [5, 5.41) is 12.9. The summed E-state index contributed by atoms with van der Waals surface area (Å²) < 4.78 is 5.74. The lowest BCUT2D eigenvalue weighted by molar-refractivity contribution is -0.0281. The van der Waals surface area contributed by atoms with Gasteiger partial charge in [-0.2, -0.15) is 0 Å². The van der Waals surface area contributed by atoms with Gasteiger partial charge in [0.25, 0.3) is 0 Å². The van der Waals surface area contributed by atoms with Crippen molar-refractivity contribution in [2.75, 3.05) is 13.2 Å². The van der Waals surface area contributed by atoms with Gasteiger partial charge in [0.2, 0.25) is 0 Å². The molecule has 0 radical (unpaired) electrons. The lowest BCUT2D eigenvalue weighted by atomic mass is 9.89. The number of nitrogens with one attached hydrogen (secondary N) is 1. The van der Waals surface area contributed by atoms with E-state index in [1.54, 1.807) is 0 Å². The van der Waals surface area contributed by atoms with Crippen LogP contribution < -0.4 is 5.32 Å². The van der Waals surface area contributed by atoms with Gasteiger partial charge in [-0.3, -0.25) is 0 Å². The molecular formula is C13H27NO2. The molecule has 3 nitrogen and oxygen atoms in total. The van der Waals surface area contributed by atoms with Crippen molar-refractivity contribution in [2.24, 2.45) is 5.92 Å². The van der Waals surface area contributed by atoms with Crippen molar-refractivity contribution in [3.63, 3.8) is 0 Å². The molecule has 0 heterocycles. The quantitative estimate of drug-likeness (QED) is 0.731. The van der Waals surface area contributed by atoms with Gasteiger partial charge in [0, 0.05) is 12.6 Å². The molecule has 2 N–H and O–H groups in total. The molecule has 1 aliphatic carbocycles. The number of rotatable bonds is 6. The van der Waals surface area contributed by atoms with E-state index < -0.39 is 0 Å². The van der Waals surface area contributed by atoms with Crippen LogP contribution in [0.2, 0.25) is 0 Å². The van der Waals surface area contributed by atoms with Crippen molar-refractivity contribution in [1.82, 2.24) is 5.32 Å². The molecule has 16 heavy (non-hydrogen) atoms. The topological polar surface area (TPSA) is 41.5 Å². The predicted octanol–water partition coefficient (Wildman–Crippen LogP) is 1.94. The molecule has 0 spiro atoms. The third-order valence-electron chi connectivity index (χ3n) is 3.25. The van der Waals surface area contributed by atoms with E-state index >= 15 is 0 Å². The van der Waals surface area contributed by atoms with Crippen LogP contribution in [0.5, 0.6) is 0 Å². The van der Waals surface area contributed by atoms with E-state index in [1.165, 1.54) is 12.8 Å². The smallest absolute Gasteiger partial charge is 0.0897 e. The number of ether oxygens (including phenoxy) is 1. The molecule has 1 aliphatic rings. The lowest BCUT2D eigenvalue weighted by Gasteiger charge is -2.27. The van der Waals surface area contributed by atoms with Crippen molar-refractivity contribution in [3.05, 3.63) is 0 Å². The van der Waals surface area contributed by atoms with Gasteiger partial charge >= 0.3 is 0 Å². The van der Waals surface area contributed by atoms with E-state index in [1.807, 2.05) is 0 Å². The Kier molecular flexibility index (Phi) is 6.32. The first-order valence-electron chi connectivity index (χ1n) is 6.61. The minimum atomic E-state index is -0.373. The molecule has 1 atom stereocenters. The van der Waals surface area contributed by atoms with Crippen LogP contribution in [0.3, 0.4) is 0 Å². The molecule has 0 amide bonds. The van der Waals surface area contributed by atoms with Crippen LogP contribution in [0.25, 0.3) is 0 Å². The van der Waals surface area contributed by atoms with Gasteiger partial charge < -0.3 is 15.2 Å². The summed E-state index contributed by atoms with van der Waals surface area (Å²) in [5.74, 6) is 0.854. The zero-order valence-corrected chi connectivity index (χ0v) is 10.9. The van der Waals surface area contributed by atoms with Crippen LogP contribution in [0.4, 0.5) is 0 Å². The first kappa shape index (κ1) is 13.9. The molecule has 1 saturated carbocycles. The Morgan fingerprint density at radius 1 is 1.25 bits per heavy atom. The van der Waals surface area contributed by atoms with Gasteiger partial charge in [0.1, 0.15) is 0 Å². The Labute approximate surface area is 99.6 Å². The fourth-order valence-electron chi connectivity index (χ4n) is 2.07. The first-order valence-corrected chi connectivity index (χ1v) is 6.61. The maximum absolute atomic E-state index is 9.69. The highest BCUT2D eigenvalue weighted by Crippen LogP contribution is 2.25. The van der Waals surface area contributed by atoms with E-state index in [9.17, 15) is 5.11 Å². The SMILES string of the molecule is CC1CCC(OCC(O)CNC(C)C)CC1. The third kappa shape index (κ3) is 5.83. The Bertz CT molecular complexity index is 177. The van der Waals surface area contributed by atoms with Gasteiger partial charge in [0.05, 0.1) is 18.8 Å². The summed E-state index contributed by atoms with van der Waals surface area (Å²) in [5.41, 5.74) is 0. The molecule has 0 aromatic carbocycles. The maximum Gasteiger partial charge on any atom is 0.0897 e. The largest absolute Gasteiger partial charge is 0.389 e. The highest BCUT2D eigenvalue weighted by molar-refractivity contribution is 4.71. The van der Waals surface area contributed by atoms with Crippen LogP contribution in [0.15, 0.2) is 0 Å². The van der Waals surface area contributed by atoms with E-state index in [0.29, 0.717) is 25.3 Å². The molecule has 0 saturated heterocycles. The molecule has 0 aromatic rings. The van der Waals surface area contributed by atoms with Crippen LogP contribution in [0, 0.1) is 5.92 Å². The molecule has 0 aromatic heterocycles. The lowest BCUT2D eigenvalue weighted by Crippen LogP contribution is -2.35. The number of aliphatic hydroxyl groups is 1. The zero-order chi connectivity index (χ0) is 12.0. The molecule has 0 bridgehead atoms. The average Bonchev–Trinajstić information content (AvgIpc) is 2.25. The van der Waals surface area contributed by atoms with Gasteiger partial charge in [-0.1, -0.05) is 20.8 Å². The van der Waals surface area contributed by atoms with Crippen molar-refractivity contribution in [2.45, 2.75) is 64.7 Å². The molecule has 3 heteroatoms. The van der Waals surface area contributed by atoms with Crippen LogP contribution in [0.1, 0.15) is 46.5 Å². The summed E-state index contributed by atoms with van der Waals surface area (Å²) >= 11 is 0. The monoisotopic (exact) mass is 229 g/mol. The molecular weight excluding hydrogens is 202 g/mol. The predicted molar refractivity (Wildman–Crippen MR) is 66.5 cm³/mol. The van der Waals surface area contributed by atoms with Gasteiger partial charge in [0.15, 0.2) is 0 Å². The van der Waals surface area contributed by atoms with Gasteiger partial charge in [-0.25, -0.2) is 0 Å². The van der Waals surface area contributed by atoms with Crippen molar-refractivity contribution in [1.29, 1.82) is 0 Å². The van der Waals surface area contributed by atoms with E-state index in [4.69, 9.17) is 4.74 Å². The molecule has 1 fully saturated rings. The third-order valence-corrected chi connectivity index (χ3v) is 3.25.